The second-order valence-corrected chi connectivity index (χ2v) is 7.52. The highest BCUT2D eigenvalue weighted by Crippen LogP contribution is 2.24. The van der Waals surface area contributed by atoms with E-state index in [0.29, 0.717) is 0 Å². The predicted molar refractivity (Wildman–Crippen MR) is 111 cm³/mol. The summed E-state index contributed by atoms with van der Waals surface area (Å²) in [4.78, 5) is 0. The molecule has 0 aliphatic carbocycles. The highest BCUT2D eigenvalue weighted by Gasteiger charge is 2.25. The van der Waals surface area contributed by atoms with Crippen LogP contribution in [0.15, 0.2) is 24.3 Å². The molecule has 0 unspecified atom stereocenters. The fourth-order valence-corrected chi connectivity index (χ4v) is 3.80. The van der Waals surface area contributed by atoms with E-state index in [-0.39, 0.29) is 0 Å². The number of quaternary nitrogens is 1. The molecule has 0 spiro atoms. The van der Waals surface area contributed by atoms with Crippen molar-refractivity contribution in [3.05, 3.63) is 29.8 Å². The van der Waals surface area contributed by atoms with E-state index in [1.54, 1.807) is 0 Å². The monoisotopic (exact) mass is 332 g/mol. The van der Waals surface area contributed by atoms with E-state index < -0.39 is 0 Å². The first-order valence-corrected chi connectivity index (χ1v) is 10.6. The molecule has 1 rings (SSSR count). The molecular weight excluding hydrogens is 290 g/mol. The summed E-state index contributed by atoms with van der Waals surface area (Å²) in [7, 11) is 0. The molecule has 0 fully saturated rings. The van der Waals surface area contributed by atoms with E-state index in [2.05, 4.69) is 52.0 Å². The first-order chi connectivity index (χ1) is 11.7. The molecule has 138 valence electrons. The highest BCUT2D eigenvalue weighted by molar-refractivity contribution is 5.44. The summed E-state index contributed by atoms with van der Waals surface area (Å²) in [6.07, 6.45) is 14.2. The summed E-state index contributed by atoms with van der Waals surface area (Å²) >= 11 is 0. The van der Waals surface area contributed by atoms with Gasteiger partial charge in [-0.25, -0.2) is 0 Å². The van der Waals surface area contributed by atoms with Crippen LogP contribution in [0, 0.1) is 6.92 Å². The molecule has 0 aliphatic heterocycles. The Morgan fingerprint density at radius 1 is 0.625 bits per heavy atom. The summed E-state index contributed by atoms with van der Waals surface area (Å²) < 4.78 is 1.15. The molecule has 0 aromatic heterocycles. The summed E-state index contributed by atoms with van der Waals surface area (Å²) in [5.74, 6) is 0. The number of benzene rings is 1. The van der Waals surface area contributed by atoms with Gasteiger partial charge in [0, 0.05) is 0 Å². The number of nitrogens with zero attached hydrogens (tertiary/aromatic N) is 1. The van der Waals surface area contributed by atoms with Crippen molar-refractivity contribution in [2.45, 2.75) is 91.9 Å². The quantitative estimate of drug-likeness (QED) is 0.248. The second kappa shape index (κ2) is 12.5. The third kappa shape index (κ3) is 7.38. The first-order valence-electron chi connectivity index (χ1n) is 10.6. The maximum Gasteiger partial charge on any atom is 0.132 e. The topological polar surface area (TPSA) is 0 Å². The second-order valence-electron chi connectivity index (χ2n) is 7.52. The minimum Gasteiger partial charge on any atom is -0.292 e. The average molecular weight is 333 g/mol. The molecule has 0 atom stereocenters. The summed E-state index contributed by atoms with van der Waals surface area (Å²) in [5.41, 5.74) is 2.87. The van der Waals surface area contributed by atoms with Gasteiger partial charge in [-0.1, -0.05) is 76.0 Å². The molecule has 24 heavy (non-hydrogen) atoms. The first kappa shape index (κ1) is 21.2. The number of unbranched alkanes of at least 4 members (excludes halogenated alkanes) is 9. The zero-order chi connectivity index (χ0) is 17.7. The maximum absolute atomic E-state index is 2.35. The van der Waals surface area contributed by atoms with Crippen LogP contribution in [0.1, 0.15) is 90.5 Å². The van der Waals surface area contributed by atoms with Crippen molar-refractivity contribution in [1.82, 2.24) is 4.48 Å². The zero-order valence-corrected chi connectivity index (χ0v) is 16.9. The molecule has 0 N–H and O–H groups in total. The van der Waals surface area contributed by atoms with Crippen LogP contribution < -0.4 is 4.48 Å². The van der Waals surface area contributed by atoms with Crippen molar-refractivity contribution >= 4 is 5.69 Å². The van der Waals surface area contributed by atoms with Gasteiger partial charge in [-0.2, -0.15) is 0 Å². The smallest absolute Gasteiger partial charge is 0.132 e. The van der Waals surface area contributed by atoms with E-state index in [9.17, 15) is 0 Å². The lowest BCUT2D eigenvalue weighted by atomic mass is 10.1. The summed E-state index contributed by atoms with van der Waals surface area (Å²) in [6.45, 7) is 12.9. The zero-order valence-electron chi connectivity index (χ0n) is 16.9. The van der Waals surface area contributed by atoms with Gasteiger partial charge in [-0.05, 0) is 45.7 Å². The Bertz CT molecular complexity index is 403. The third-order valence-electron chi connectivity index (χ3n) is 5.73. The molecule has 1 heteroatoms. The fraction of sp³-hybridized carbons (Fsp3) is 0.739. The molecule has 0 aliphatic rings. The van der Waals surface area contributed by atoms with Crippen molar-refractivity contribution in [2.24, 2.45) is 0 Å². The molecule has 0 heterocycles. The van der Waals surface area contributed by atoms with Crippen LogP contribution in [-0.4, -0.2) is 19.6 Å². The number of aryl methyl sites for hydroxylation is 1. The van der Waals surface area contributed by atoms with E-state index in [1.807, 2.05) is 0 Å². The van der Waals surface area contributed by atoms with Crippen molar-refractivity contribution < 1.29 is 0 Å². The fourth-order valence-electron chi connectivity index (χ4n) is 3.80. The van der Waals surface area contributed by atoms with Gasteiger partial charge in [-0.15, -0.1) is 0 Å². The summed E-state index contributed by atoms with van der Waals surface area (Å²) in [6, 6.07) is 9.23. The van der Waals surface area contributed by atoms with Gasteiger partial charge in [0.25, 0.3) is 0 Å². The lowest BCUT2D eigenvalue weighted by molar-refractivity contribution is 0.291. The van der Waals surface area contributed by atoms with Gasteiger partial charge in [0.1, 0.15) is 5.69 Å². The van der Waals surface area contributed by atoms with Crippen LogP contribution in [0.25, 0.3) is 0 Å². The maximum atomic E-state index is 2.35. The van der Waals surface area contributed by atoms with Crippen molar-refractivity contribution in [2.75, 3.05) is 19.6 Å². The van der Waals surface area contributed by atoms with Gasteiger partial charge in [0.15, 0.2) is 0 Å². The normalized spacial score (nSPS) is 11.8. The van der Waals surface area contributed by atoms with Gasteiger partial charge in [0.2, 0.25) is 0 Å². The molecular formula is C23H42N+. The molecule has 0 radical (unpaired) electrons. The molecule has 0 saturated carbocycles. The molecule has 1 aromatic rings. The Hall–Kier alpha value is -0.820. The van der Waals surface area contributed by atoms with Gasteiger partial charge in [0.05, 0.1) is 19.6 Å². The Labute approximate surface area is 152 Å². The van der Waals surface area contributed by atoms with Crippen molar-refractivity contribution in [3.8, 4) is 0 Å². The summed E-state index contributed by atoms with van der Waals surface area (Å²) in [5, 5.41) is 0. The molecule has 1 aromatic carbocycles. The number of rotatable bonds is 14. The largest absolute Gasteiger partial charge is 0.292 e. The van der Waals surface area contributed by atoms with E-state index in [4.69, 9.17) is 0 Å². The molecule has 0 bridgehead atoms. The minimum absolute atomic E-state index is 1.15. The van der Waals surface area contributed by atoms with Crippen LogP contribution >= 0.6 is 0 Å². The van der Waals surface area contributed by atoms with Crippen LogP contribution in [0.4, 0.5) is 5.69 Å². The molecule has 0 saturated heterocycles. The third-order valence-corrected chi connectivity index (χ3v) is 5.73. The SMILES string of the molecule is CCCCCCCCCCCC[N+](CC)(CC)c1ccc(C)cc1. The van der Waals surface area contributed by atoms with Gasteiger partial charge < -0.3 is 0 Å². The number of hydrogen-bond acceptors (Lipinski definition) is 0. The Balaban J connectivity index is 2.26. The van der Waals surface area contributed by atoms with E-state index >= 15 is 0 Å². The molecule has 0 amide bonds. The Morgan fingerprint density at radius 3 is 1.54 bits per heavy atom. The van der Waals surface area contributed by atoms with Crippen molar-refractivity contribution in [1.29, 1.82) is 0 Å². The lowest BCUT2D eigenvalue weighted by Crippen LogP contribution is -2.49. The van der Waals surface area contributed by atoms with E-state index in [1.165, 1.54) is 95.1 Å². The predicted octanol–water partition coefficient (Wildman–Crippen LogP) is 7.26. The van der Waals surface area contributed by atoms with Crippen LogP contribution in [0.2, 0.25) is 0 Å². The van der Waals surface area contributed by atoms with Crippen LogP contribution in [-0.2, 0) is 0 Å². The van der Waals surface area contributed by atoms with Gasteiger partial charge in [-0.3, -0.25) is 4.48 Å². The van der Waals surface area contributed by atoms with E-state index in [0.717, 1.165) is 4.48 Å². The lowest BCUT2D eigenvalue weighted by Gasteiger charge is -2.36. The minimum atomic E-state index is 1.15. The van der Waals surface area contributed by atoms with Crippen molar-refractivity contribution in [3.63, 3.8) is 0 Å². The van der Waals surface area contributed by atoms with Crippen LogP contribution in [0.3, 0.4) is 0 Å². The standard InChI is InChI=1S/C23H42N/c1-5-8-9-10-11-12-13-14-15-16-21-24(6-2,7-3)23-19-17-22(4)18-20-23/h17-20H,5-16,21H2,1-4H3/q+1. The Morgan fingerprint density at radius 2 is 1.08 bits per heavy atom. The van der Waals surface area contributed by atoms with Gasteiger partial charge >= 0.3 is 0 Å². The van der Waals surface area contributed by atoms with Crippen LogP contribution in [0.5, 0.6) is 0 Å². The highest BCUT2D eigenvalue weighted by atomic mass is 15.3. The molecule has 1 nitrogen and oxygen atoms in total. The average Bonchev–Trinajstić information content (AvgIpc) is 2.61. The number of hydrogen-bond donors (Lipinski definition) is 0. The Kier molecular flexibility index (Phi) is 11.1.